The first-order valence-corrected chi connectivity index (χ1v) is 5.32. The second kappa shape index (κ2) is 4.54. The van der Waals surface area contributed by atoms with E-state index >= 15 is 0 Å². The highest BCUT2D eigenvalue weighted by molar-refractivity contribution is 6.17. The fraction of sp³-hybridized carbons (Fsp3) is 0. The predicted octanol–water partition coefficient (Wildman–Crippen LogP) is 1.64. The largest absolute Gasteiger partial charge is 0.508 e. The van der Waals surface area contributed by atoms with Crippen LogP contribution in [0.4, 0.5) is 0 Å². The molecule has 4 N–H and O–H groups in total. The molecule has 0 amide bonds. The Labute approximate surface area is 111 Å². The average Bonchev–Trinajstić information content (AvgIpc) is 2.35. The molecule has 0 heterocycles. The number of phenolic OH excluding ortho intramolecular Hbond substituents is 1. The molecule has 20 heavy (non-hydrogen) atoms. The SMILES string of the molecule is O=C(O)c1cc2cc(O)ccc2c(C(=O)O)c1C(=O)O. The number of phenols is 1. The molecule has 2 aromatic rings. The summed E-state index contributed by atoms with van der Waals surface area (Å²) < 4.78 is 0. The zero-order valence-electron chi connectivity index (χ0n) is 9.82. The summed E-state index contributed by atoms with van der Waals surface area (Å²) in [5, 5.41) is 36.8. The first kappa shape index (κ1) is 13.3. The number of carboxylic acid groups (broad SMARTS) is 3. The number of hydrogen-bond acceptors (Lipinski definition) is 4. The summed E-state index contributed by atoms with van der Waals surface area (Å²) in [5.41, 5.74) is -2.05. The monoisotopic (exact) mass is 276 g/mol. The van der Waals surface area contributed by atoms with Gasteiger partial charge in [0.1, 0.15) is 5.75 Å². The fourth-order valence-electron chi connectivity index (χ4n) is 2.01. The highest BCUT2D eigenvalue weighted by Gasteiger charge is 2.26. The Balaban J connectivity index is 3.05. The van der Waals surface area contributed by atoms with Crippen molar-refractivity contribution in [2.24, 2.45) is 0 Å². The van der Waals surface area contributed by atoms with Crippen molar-refractivity contribution in [3.63, 3.8) is 0 Å². The second-order valence-corrected chi connectivity index (χ2v) is 4.00. The molecule has 0 saturated heterocycles. The zero-order chi connectivity index (χ0) is 15.0. The minimum atomic E-state index is -1.64. The summed E-state index contributed by atoms with van der Waals surface area (Å²) in [5.74, 6) is -4.95. The molecule has 0 unspecified atom stereocenters. The summed E-state index contributed by atoms with van der Waals surface area (Å²) in [6.07, 6.45) is 0. The first-order valence-electron chi connectivity index (χ1n) is 5.32. The summed E-state index contributed by atoms with van der Waals surface area (Å²) >= 11 is 0. The van der Waals surface area contributed by atoms with Crippen LogP contribution in [0.15, 0.2) is 24.3 Å². The quantitative estimate of drug-likeness (QED) is 0.669. The van der Waals surface area contributed by atoms with Crippen LogP contribution < -0.4 is 0 Å². The Morgan fingerprint density at radius 3 is 1.90 bits per heavy atom. The number of aromatic hydroxyl groups is 1. The van der Waals surface area contributed by atoms with E-state index in [-0.39, 0.29) is 16.5 Å². The van der Waals surface area contributed by atoms with Crippen molar-refractivity contribution in [3.05, 3.63) is 41.0 Å². The predicted molar refractivity (Wildman–Crippen MR) is 66.5 cm³/mol. The Morgan fingerprint density at radius 1 is 0.800 bits per heavy atom. The Morgan fingerprint density at radius 2 is 1.40 bits per heavy atom. The summed E-state index contributed by atoms with van der Waals surface area (Å²) in [6, 6.07) is 4.61. The number of carbonyl (C=O) groups is 3. The lowest BCUT2D eigenvalue weighted by molar-refractivity contribution is 0.0634. The molecule has 7 nitrogen and oxygen atoms in total. The van der Waals surface area contributed by atoms with E-state index in [9.17, 15) is 19.5 Å². The fourth-order valence-corrected chi connectivity index (χ4v) is 2.01. The van der Waals surface area contributed by atoms with Crippen LogP contribution in [0, 0.1) is 0 Å². The van der Waals surface area contributed by atoms with Crippen molar-refractivity contribution in [3.8, 4) is 5.75 Å². The highest BCUT2D eigenvalue weighted by atomic mass is 16.4. The minimum absolute atomic E-state index is 0.0395. The first-order chi connectivity index (χ1) is 9.32. The molecule has 0 bridgehead atoms. The van der Waals surface area contributed by atoms with Gasteiger partial charge in [-0.1, -0.05) is 0 Å². The number of hydrogen-bond donors (Lipinski definition) is 4. The third-order valence-corrected chi connectivity index (χ3v) is 2.78. The maximum Gasteiger partial charge on any atom is 0.337 e. The Hall–Kier alpha value is -3.09. The third-order valence-electron chi connectivity index (χ3n) is 2.78. The lowest BCUT2D eigenvalue weighted by Gasteiger charge is -2.10. The minimum Gasteiger partial charge on any atom is -0.508 e. The Bertz CT molecular complexity index is 761. The van der Waals surface area contributed by atoms with Crippen LogP contribution >= 0.6 is 0 Å². The second-order valence-electron chi connectivity index (χ2n) is 4.00. The van der Waals surface area contributed by atoms with Crippen LogP contribution in [0.5, 0.6) is 5.75 Å². The molecule has 102 valence electrons. The van der Waals surface area contributed by atoms with Crippen molar-refractivity contribution in [2.75, 3.05) is 0 Å². The molecule has 0 atom stereocenters. The van der Waals surface area contributed by atoms with Gasteiger partial charge in [-0.05, 0) is 35.0 Å². The van der Waals surface area contributed by atoms with Gasteiger partial charge in [0.05, 0.1) is 16.7 Å². The van der Waals surface area contributed by atoms with Gasteiger partial charge in [-0.2, -0.15) is 0 Å². The third kappa shape index (κ3) is 2.01. The maximum absolute atomic E-state index is 11.3. The molecule has 0 fully saturated rings. The Kier molecular flexibility index (Phi) is 3.03. The van der Waals surface area contributed by atoms with E-state index in [1.807, 2.05) is 0 Å². The lowest BCUT2D eigenvalue weighted by atomic mass is 9.93. The van der Waals surface area contributed by atoms with Gasteiger partial charge in [0, 0.05) is 0 Å². The van der Waals surface area contributed by atoms with Gasteiger partial charge >= 0.3 is 17.9 Å². The van der Waals surface area contributed by atoms with Crippen LogP contribution in [0.25, 0.3) is 10.8 Å². The summed E-state index contributed by atoms with van der Waals surface area (Å²) in [4.78, 5) is 33.6. The molecule has 0 radical (unpaired) electrons. The van der Waals surface area contributed by atoms with Crippen molar-refractivity contribution < 1.29 is 34.8 Å². The van der Waals surface area contributed by atoms with E-state index in [0.29, 0.717) is 0 Å². The zero-order valence-corrected chi connectivity index (χ0v) is 9.82. The number of rotatable bonds is 3. The number of fused-ring (bicyclic) bond motifs is 1. The molecule has 0 aliphatic carbocycles. The van der Waals surface area contributed by atoms with E-state index < -0.39 is 34.6 Å². The van der Waals surface area contributed by atoms with Gasteiger partial charge in [-0.3, -0.25) is 0 Å². The summed E-state index contributed by atoms with van der Waals surface area (Å²) in [7, 11) is 0. The summed E-state index contributed by atoms with van der Waals surface area (Å²) in [6.45, 7) is 0. The van der Waals surface area contributed by atoms with Crippen LogP contribution in [-0.4, -0.2) is 38.3 Å². The van der Waals surface area contributed by atoms with E-state index in [4.69, 9.17) is 15.3 Å². The molecule has 7 heteroatoms. The van der Waals surface area contributed by atoms with Crippen molar-refractivity contribution in [1.82, 2.24) is 0 Å². The highest BCUT2D eigenvalue weighted by Crippen LogP contribution is 2.29. The molecule has 0 aliphatic heterocycles. The van der Waals surface area contributed by atoms with Crippen LogP contribution in [0.1, 0.15) is 31.1 Å². The normalized spacial score (nSPS) is 10.4. The molecular formula is C13H8O7. The van der Waals surface area contributed by atoms with Crippen LogP contribution in [0.2, 0.25) is 0 Å². The molecule has 0 saturated carbocycles. The van der Waals surface area contributed by atoms with E-state index in [1.54, 1.807) is 0 Å². The van der Waals surface area contributed by atoms with Crippen LogP contribution in [-0.2, 0) is 0 Å². The van der Waals surface area contributed by atoms with Crippen LogP contribution in [0.3, 0.4) is 0 Å². The number of carboxylic acids is 3. The smallest absolute Gasteiger partial charge is 0.337 e. The van der Waals surface area contributed by atoms with Crippen molar-refractivity contribution in [1.29, 1.82) is 0 Å². The standard InChI is InChI=1S/C13H8O7/c14-6-1-2-7-5(3-6)4-8(11(15)16)10(13(19)20)9(7)12(17)18/h1-4,14H,(H,15,16)(H,17,18)(H,19,20). The van der Waals surface area contributed by atoms with Gasteiger partial charge in [-0.15, -0.1) is 0 Å². The van der Waals surface area contributed by atoms with Crippen molar-refractivity contribution in [2.45, 2.75) is 0 Å². The number of benzene rings is 2. The van der Waals surface area contributed by atoms with Gasteiger partial charge in [0.2, 0.25) is 0 Å². The van der Waals surface area contributed by atoms with Gasteiger partial charge in [0.25, 0.3) is 0 Å². The molecule has 2 rings (SSSR count). The molecule has 0 spiro atoms. The van der Waals surface area contributed by atoms with Gasteiger partial charge < -0.3 is 20.4 Å². The molecular weight excluding hydrogens is 268 g/mol. The maximum atomic E-state index is 11.3. The molecule has 2 aromatic carbocycles. The van der Waals surface area contributed by atoms with Crippen molar-refractivity contribution >= 4 is 28.7 Å². The average molecular weight is 276 g/mol. The van der Waals surface area contributed by atoms with E-state index in [0.717, 1.165) is 6.07 Å². The molecule has 0 aliphatic rings. The van der Waals surface area contributed by atoms with E-state index in [1.165, 1.54) is 18.2 Å². The van der Waals surface area contributed by atoms with Gasteiger partial charge in [0.15, 0.2) is 0 Å². The topological polar surface area (TPSA) is 132 Å². The van der Waals surface area contributed by atoms with E-state index in [2.05, 4.69) is 0 Å². The molecule has 0 aromatic heterocycles. The van der Waals surface area contributed by atoms with Gasteiger partial charge in [-0.25, -0.2) is 14.4 Å². The lowest BCUT2D eigenvalue weighted by Crippen LogP contribution is -2.15. The number of aromatic carboxylic acids is 3.